The first kappa shape index (κ1) is 22.9. The molecule has 4 rings (SSSR count). The number of aromatic nitrogens is 2. The van der Waals surface area contributed by atoms with E-state index in [-0.39, 0.29) is 18.4 Å². The Bertz CT molecular complexity index is 1150. The van der Waals surface area contributed by atoms with E-state index < -0.39 is 11.9 Å². The predicted molar refractivity (Wildman–Crippen MR) is 128 cm³/mol. The average molecular weight is 486 g/mol. The summed E-state index contributed by atoms with van der Waals surface area (Å²) in [5.41, 5.74) is 3.29. The van der Waals surface area contributed by atoms with Gasteiger partial charge in [-0.25, -0.2) is 4.79 Å². The lowest BCUT2D eigenvalue weighted by atomic mass is 10.1. The number of ether oxygens (including phenoxy) is 2. The molecular weight excluding hydrogens is 462 g/mol. The summed E-state index contributed by atoms with van der Waals surface area (Å²) >= 11 is 2.56. The number of rotatable bonds is 7. The highest BCUT2D eigenvalue weighted by Crippen LogP contribution is 2.31. The van der Waals surface area contributed by atoms with E-state index >= 15 is 0 Å². The molecule has 0 bridgehead atoms. The molecule has 0 spiro atoms. The molecule has 3 N–H and O–H groups in total. The van der Waals surface area contributed by atoms with Crippen LogP contribution in [0.4, 0.5) is 15.6 Å². The summed E-state index contributed by atoms with van der Waals surface area (Å²) < 4.78 is 12.0. The Balaban J connectivity index is 1.18. The number of nitrogens with one attached hydrogen (secondary N) is 3. The maximum absolute atomic E-state index is 12.1. The lowest BCUT2D eigenvalue weighted by molar-refractivity contribution is -0.117. The highest BCUT2D eigenvalue weighted by atomic mass is 32.2. The number of nitrogens with zero attached hydrogens (tertiary/aromatic N) is 2. The summed E-state index contributed by atoms with van der Waals surface area (Å²) in [4.78, 5) is 24.1. The van der Waals surface area contributed by atoms with Crippen molar-refractivity contribution in [2.45, 2.75) is 24.3 Å². The first-order valence-corrected chi connectivity index (χ1v) is 12.0. The van der Waals surface area contributed by atoms with Crippen molar-refractivity contribution in [2.24, 2.45) is 0 Å². The first-order chi connectivity index (χ1) is 16.0. The fraction of sp³-hybridized carbons (Fsp3) is 0.273. The SMILES string of the molecule is Cc1cccc(Nc2nnc(SCC(=O)NC(=O)NCC3COc4ccccc4O3)s2)c1C. The Kier molecular flexibility index (Phi) is 7.30. The van der Waals surface area contributed by atoms with Gasteiger partial charge in [-0.1, -0.05) is 47.4 Å². The Morgan fingerprint density at radius 2 is 1.94 bits per heavy atom. The number of hydrogen-bond donors (Lipinski definition) is 3. The monoisotopic (exact) mass is 485 g/mol. The van der Waals surface area contributed by atoms with Gasteiger partial charge < -0.3 is 20.1 Å². The standard InChI is InChI=1S/C22H23N5O4S2/c1-13-6-5-7-16(14(13)2)24-21-26-27-22(33-21)32-12-19(28)25-20(29)23-10-15-11-30-17-8-3-4-9-18(17)31-15/h3-9,15H,10-12H2,1-2H3,(H,24,26)(H2,23,25,28,29). The Hall–Kier alpha value is -3.31. The summed E-state index contributed by atoms with van der Waals surface area (Å²) in [7, 11) is 0. The molecule has 11 heteroatoms. The van der Waals surface area contributed by atoms with E-state index in [1.807, 2.05) is 50.2 Å². The van der Waals surface area contributed by atoms with Crippen LogP contribution in [-0.4, -0.2) is 47.1 Å². The molecule has 2 aromatic carbocycles. The number of aryl methyl sites for hydroxylation is 1. The zero-order valence-electron chi connectivity index (χ0n) is 18.1. The van der Waals surface area contributed by atoms with Crippen molar-refractivity contribution in [1.82, 2.24) is 20.8 Å². The Morgan fingerprint density at radius 1 is 1.12 bits per heavy atom. The second-order valence-electron chi connectivity index (χ2n) is 7.29. The summed E-state index contributed by atoms with van der Waals surface area (Å²) in [5, 5.41) is 17.0. The fourth-order valence-corrected chi connectivity index (χ4v) is 4.59. The maximum Gasteiger partial charge on any atom is 0.321 e. The number of benzene rings is 2. The molecule has 0 aliphatic carbocycles. The molecule has 3 amide bonds. The van der Waals surface area contributed by atoms with Gasteiger partial charge in [0, 0.05) is 5.69 Å². The van der Waals surface area contributed by atoms with E-state index in [0.29, 0.717) is 27.6 Å². The lowest BCUT2D eigenvalue weighted by Crippen LogP contribution is -2.46. The topological polar surface area (TPSA) is 114 Å². The minimum absolute atomic E-state index is 0.0436. The molecule has 33 heavy (non-hydrogen) atoms. The van der Waals surface area contributed by atoms with E-state index in [4.69, 9.17) is 9.47 Å². The van der Waals surface area contributed by atoms with Crippen LogP contribution in [0, 0.1) is 13.8 Å². The number of hydrogen-bond acceptors (Lipinski definition) is 9. The number of fused-ring (bicyclic) bond motifs is 1. The highest BCUT2D eigenvalue weighted by Gasteiger charge is 2.21. The van der Waals surface area contributed by atoms with Crippen molar-refractivity contribution in [1.29, 1.82) is 0 Å². The number of urea groups is 1. The summed E-state index contributed by atoms with van der Waals surface area (Å²) in [6, 6.07) is 12.8. The van der Waals surface area contributed by atoms with Crippen molar-refractivity contribution >= 4 is 45.9 Å². The Labute approximate surface area is 199 Å². The van der Waals surface area contributed by atoms with Crippen molar-refractivity contribution < 1.29 is 19.1 Å². The van der Waals surface area contributed by atoms with E-state index in [9.17, 15) is 9.59 Å². The molecule has 3 aromatic rings. The van der Waals surface area contributed by atoms with Crippen LogP contribution >= 0.6 is 23.1 Å². The average Bonchev–Trinajstić information content (AvgIpc) is 3.26. The van der Waals surface area contributed by atoms with E-state index in [0.717, 1.165) is 11.3 Å². The normalized spacial score (nSPS) is 14.4. The van der Waals surface area contributed by atoms with Gasteiger partial charge in [-0.2, -0.15) is 0 Å². The number of carbonyl (C=O) groups excluding carboxylic acids is 2. The molecule has 2 heterocycles. The molecular formula is C22H23N5O4S2. The zero-order chi connectivity index (χ0) is 23.2. The highest BCUT2D eigenvalue weighted by molar-refractivity contribution is 8.01. The van der Waals surface area contributed by atoms with Gasteiger partial charge in [0.1, 0.15) is 6.61 Å². The lowest BCUT2D eigenvalue weighted by Gasteiger charge is -2.26. The van der Waals surface area contributed by atoms with Crippen molar-refractivity contribution in [2.75, 3.05) is 24.2 Å². The van der Waals surface area contributed by atoms with Gasteiger partial charge in [-0.15, -0.1) is 10.2 Å². The van der Waals surface area contributed by atoms with Crippen LogP contribution in [-0.2, 0) is 4.79 Å². The number of para-hydroxylation sites is 2. The minimum Gasteiger partial charge on any atom is -0.486 e. The van der Waals surface area contributed by atoms with Crippen LogP contribution in [0.2, 0.25) is 0 Å². The van der Waals surface area contributed by atoms with E-state index in [1.165, 1.54) is 28.7 Å². The molecule has 172 valence electrons. The number of anilines is 2. The quantitative estimate of drug-likeness (QED) is 0.435. The van der Waals surface area contributed by atoms with Gasteiger partial charge >= 0.3 is 6.03 Å². The first-order valence-electron chi connectivity index (χ1n) is 10.2. The van der Waals surface area contributed by atoms with Crippen molar-refractivity contribution in [3.8, 4) is 11.5 Å². The van der Waals surface area contributed by atoms with Crippen LogP contribution in [0.25, 0.3) is 0 Å². The van der Waals surface area contributed by atoms with Gasteiger partial charge in [0.05, 0.1) is 12.3 Å². The molecule has 0 fully saturated rings. The number of thioether (sulfide) groups is 1. The summed E-state index contributed by atoms with van der Waals surface area (Å²) in [6.45, 7) is 4.61. The molecule has 1 aliphatic heterocycles. The third-order valence-electron chi connectivity index (χ3n) is 4.89. The van der Waals surface area contributed by atoms with Gasteiger partial charge in [0.2, 0.25) is 11.0 Å². The van der Waals surface area contributed by atoms with Gasteiger partial charge in [-0.05, 0) is 43.2 Å². The van der Waals surface area contributed by atoms with Crippen LogP contribution in [0.3, 0.4) is 0 Å². The Morgan fingerprint density at radius 3 is 2.79 bits per heavy atom. The summed E-state index contributed by atoms with van der Waals surface area (Å²) in [5.74, 6) is 0.923. The molecule has 1 aromatic heterocycles. The summed E-state index contributed by atoms with van der Waals surface area (Å²) in [6.07, 6.45) is -0.334. The van der Waals surface area contributed by atoms with Crippen LogP contribution in [0.5, 0.6) is 11.5 Å². The zero-order valence-corrected chi connectivity index (χ0v) is 19.7. The molecule has 1 unspecified atom stereocenters. The molecule has 0 radical (unpaired) electrons. The third-order valence-corrected chi connectivity index (χ3v) is 6.86. The predicted octanol–water partition coefficient (Wildman–Crippen LogP) is 3.66. The van der Waals surface area contributed by atoms with Crippen LogP contribution in [0.15, 0.2) is 46.8 Å². The van der Waals surface area contributed by atoms with Gasteiger partial charge in [-0.3, -0.25) is 10.1 Å². The second kappa shape index (κ2) is 10.5. The second-order valence-corrected chi connectivity index (χ2v) is 9.49. The largest absolute Gasteiger partial charge is 0.486 e. The van der Waals surface area contributed by atoms with Crippen molar-refractivity contribution in [3.63, 3.8) is 0 Å². The number of amides is 3. The van der Waals surface area contributed by atoms with E-state index in [1.54, 1.807) is 6.07 Å². The molecule has 9 nitrogen and oxygen atoms in total. The number of imide groups is 1. The van der Waals surface area contributed by atoms with Gasteiger partial charge in [0.15, 0.2) is 21.9 Å². The molecule has 1 aliphatic rings. The minimum atomic E-state index is -0.586. The van der Waals surface area contributed by atoms with Crippen LogP contribution in [0.1, 0.15) is 11.1 Å². The van der Waals surface area contributed by atoms with E-state index in [2.05, 4.69) is 26.1 Å². The van der Waals surface area contributed by atoms with Gasteiger partial charge in [0.25, 0.3) is 0 Å². The number of carbonyl (C=O) groups is 2. The maximum atomic E-state index is 12.1. The van der Waals surface area contributed by atoms with Crippen LogP contribution < -0.4 is 25.4 Å². The molecule has 1 atom stereocenters. The fourth-order valence-electron chi connectivity index (χ4n) is 3.02. The molecule has 0 saturated heterocycles. The van der Waals surface area contributed by atoms with Crippen molar-refractivity contribution in [3.05, 3.63) is 53.6 Å². The third kappa shape index (κ3) is 6.14. The molecule has 0 saturated carbocycles. The smallest absolute Gasteiger partial charge is 0.321 e.